The molecule has 0 saturated carbocycles. The van der Waals surface area contributed by atoms with Gasteiger partial charge in [0.25, 0.3) is 5.56 Å². The highest BCUT2D eigenvalue weighted by molar-refractivity contribution is 14.1. The van der Waals surface area contributed by atoms with Gasteiger partial charge in [-0.3, -0.25) is 9.36 Å². The Balaban J connectivity index is 1.48. The smallest absolute Gasteiger partial charge is 0.338 e. The number of nitrogens with zero attached hydrogens (tertiary/aromatic N) is 2. The number of hydrogen-bond acceptors (Lipinski definition) is 7. The first-order valence-corrected chi connectivity index (χ1v) is 16.7. The molecule has 4 aromatic carbocycles. The quantitative estimate of drug-likeness (QED) is 0.122. The van der Waals surface area contributed by atoms with Gasteiger partial charge in [0.15, 0.2) is 16.3 Å². The minimum absolute atomic E-state index is 0.191. The molecule has 1 aliphatic heterocycles. The number of esters is 1. The van der Waals surface area contributed by atoms with Gasteiger partial charge < -0.3 is 14.2 Å². The highest BCUT2D eigenvalue weighted by Crippen LogP contribution is 2.36. The second-order valence-electron chi connectivity index (χ2n) is 10.3. The predicted molar refractivity (Wildman–Crippen MR) is 189 cm³/mol. The van der Waals surface area contributed by atoms with E-state index in [0.717, 1.165) is 25.8 Å². The van der Waals surface area contributed by atoms with Crippen molar-refractivity contribution in [3.63, 3.8) is 0 Å². The van der Waals surface area contributed by atoms with Crippen LogP contribution < -0.4 is 24.4 Å². The Kier molecular flexibility index (Phi) is 9.72. The van der Waals surface area contributed by atoms with Gasteiger partial charge >= 0.3 is 5.97 Å². The van der Waals surface area contributed by atoms with Crippen LogP contribution in [0.25, 0.3) is 11.8 Å². The van der Waals surface area contributed by atoms with Crippen molar-refractivity contribution in [2.24, 2.45) is 4.99 Å². The molecule has 1 aromatic heterocycles. The second-order valence-corrected chi connectivity index (χ2v) is 12.9. The minimum atomic E-state index is -0.729. The SMILES string of the molecule is CCOC(=O)C1=C(c2ccccc2)N=c2s/c(=C\c3cc(I)c(OCc4ccc(Cl)cc4)c(OC)c3)c(=O)n2[C@@H]1c1ccccc1. The van der Waals surface area contributed by atoms with Crippen molar-refractivity contribution in [1.29, 1.82) is 0 Å². The van der Waals surface area contributed by atoms with Crippen molar-refractivity contribution in [2.45, 2.75) is 19.6 Å². The van der Waals surface area contributed by atoms with Crippen LogP contribution in [0.5, 0.6) is 11.5 Å². The van der Waals surface area contributed by atoms with E-state index in [1.807, 2.05) is 103 Å². The number of rotatable bonds is 9. The highest BCUT2D eigenvalue weighted by Gasteiger charge is 2.35. The number of methoxy groups -OCH3 is 1. The van der Waals surface area contributed by atoms with Crippen LogP contribution in [0.3, 0.4) is 0 Å². The van der Waals surface area contributed by atoms with Gasteiger partial charge in [0.2, 0.25) is 0 Å². The molecule has 5 aromatic rings. The summed E-state index contributed by atoms with van der Waals surface area (Å²) in [4.78, 5) is 33.2. The Morgan fingerprint density at radius 1 is 1.02 bits per heavy atom. The number of carbonyl (C=O) groups excluding carboxylic acids is 1. The number of halogens is 2. The van der Waals surface area contributed by atoms with Crippen molar-refractivity contribution in [3.8, 4) is 11.5 Å². The van der Waals surface area contributed by atoms with E-state index in [1.54, 1.807) is 18.6 Å². The van der Waals surface area contributed by atoms with Crippen molar-refractivity contribution >= 4 is 63.3 Å². The Morgan fingerprint density at radius 3 is 2.39 bits per heavy atom. The van der Waals surface area contributed by atoms with Gasteiger partial charge in [-0.05, 0) is 76.5 Å². The first kappa shape index (κ1) is 31.8. The molecule has 10 heteroatoms. The van der Waals surface area contributed by atoms with Crippen molar-refractivity contribution in [2.75, 3.05) is 13.7 Å². The van der Waals surface area contributed by atoms with Gasteiger partial charge in [0.05, 0.1) is 39.1 Å². The van der Waals surface area contributed by atoms with E-state index in [9.17, 15) is 9.59 Å². The molecule has 46 heavy (non-hydrogen) atoms. The largest absolute Gasteiger partial charge is 0.493 e. The summed E-state index contributed by atoms with van der Waals surface area (Å²) in [5.41, 5.74) is 3.81. The summed E-state index contributed by atoms with van der Waals surface area (Å²) >= 11 is 9.50. The number of aromatic nitrogens is 1. The number of thiazole rings is 1. The van der Waals surface area contributed by atoms with Gasteiger partial charge in [-0.15, -0.1) is 0 Å². The van der Waals surface area contributed by atoms with Gasteiger partial charge in [-0.1, -0.05) is 95.7 Å². The summed E-state index contributed by atoms with van der Waals surface area (Å²) in [5.74, 6) is 0.632. The summed E-state index contributed by atoms with van der Waals surface area (Å²) in [7, 11) is 1.58. The fraction of sp³-hybridized carbons (Fsp3) is 0.139. The van der Waals surface area contributed by atoms with Crippen molar-refractivity contribution < 1.29 is 19.0 Å². The molecule has 0 amide bonds. The average Bonchev–Trinajstić information content (AvgIpc) is 3.38. The molecule has 2 heterocycles. The number of ether oxygens (including phenoxy) is 3. The first-order chi connectivity index (χ1) is 22.4. The Morgan fingerprint density at radius 2 is 1.72 bits per heavy atom. The molecule has 0 N–H and O–H groups in total. The van der Waals surface area contributed by atoms with E-state index in [1.165, 1.54) is 11.3 Å². The Bertz CT molecular complexity index is 2110. The van der Waals surface area contributed by atoms with Crippen LogP contribution in [0.2, 0.25) is 5.02 Å². The third-order valence-corrected chi connectivity index (χ3v) is 9.37. The summed E-state index contributed by atoms with van der Waals surface area (Å²) in [5, 5.41) is 0.661. The molecule has 7 nitrogen and oxygen atoms in total. The van der Waals surface area contributed by atoms with Crippen LogP contribution in [0.1, 0.15) is 35.2 Å². The zero-order valence-electron chi connectivity index (χ0n) is 24.9. The first-order valence-electron chi connectivity index (χ1n) is 14.5. The van der Waals surface area contributed by atoms with Crippen molar-refractivity contribution in [3.05, 3.63) is 153 Å². The molecule has 0 radical (unpaired) electrons. The zero-order chi connectivity index (χ0) is 32.2. The molecule has 6 rings (SSSR count). The van der Waals surface area contributed by atoms with E-state index in [0.29, 0.717) is 43.7 Å². The van der Waals surface area contributed by atoms with Gasteiger partial charge in [-0.2, -0.15) is 0 Å². The fourth-order valence-corrected chi connectivity index (χ4v) is 7.15. The number of hydrogen-bond donors (Lipinski definition) is 0. The van der Waals surface area contributed by atoms with Crippen LogP contribution in [0.15, 0.2) is 112 Å². The Hall–Kier alpha value is -4.19. The normalized spacial score (nSPS) is 14.4. The van der Waals surface area contributed by atoms with E-state index in [-0.39, 0.29) is 12.2 Å². The van der Waals surface area contributed by atoms with E-state index in [2.05, 4.69) is 22.6 Å². The monoisotopic (exact) mass is 762 g/mol. The van der Waals surface area contributed by atoms with Gasteiger partial charge in [-0.25, -0.2) is 9.79 Å². The fourth-order valence-electron chi connectivity index (χ4n) is 5.24. The molecular weight excluding hydrogens is 735 g/mol. The number of carbonyl (C=O) groups is 1. The molecule has 1 atom stereocenters. The summed E-state index contributed by atoms with van der Waals surface area (Å²) < 4.78 is 20.2. The lowest BCUT2D eigenvalue weighted by atomic mass is 9.93. The third-order valence-electron chi connectivity index (χ3n) is 7.33. The lowest BCUT2D eigenvalue weighted by Crippen LogP contribution is -2.40. The van der Waals surface area contributed by atoms with Gasteiger partial charge in [0, 0.05) is 10.6 Å². The van der Waals surface area contributed by atoms with Crippen LogP contribution in [0, 0.1) is 3.57 Å². The molecule has 0 spiro atoms. The molecule has 0 saturated heterocycles. The van der Waals surface area contributed by atoms with Crippen LogP contribution in [0.4, 0.5) is 0 Å². The van der Waals surface area contributed by atoms with Crippen LogP contribution in [-0.4, -0.2) is 24.3 Å². The van der Waals surface area contributed by atoms with E-state index in [4.69, 9.17) is 30.8 Å². The summed E-state index contributed by atoms with van der Waals surface area (Å²) in [6.45, 7) is 2.29. The minimum Gasteiger partial charge on any atom is -0.493 e. The van der Waals surface area contributed by atoms with E-state index < -0.39 is 12.0 Å². The Labute approximate surface area is 288 Å². The maximum atomic E-state index is 14.2. The van der Waals surface area contributed by atoms with Crippen LogP contribution >= 0.6 is 45.5 Å². The maximum Gasteiger partial charge on any atom is 0.338 e. The summed E-state index contributed by atoms with van der Waals surface area (Å²) in [6.07, 6.45) is 1.82. The highest BCUT2D eigenvalue weighted by atomic mass is 127. The molecule has 0 aliphatic carbocycles. The number of benzene rings is 4. The van der Waals surface area contributed by atoms with Crippen LogP contribution in [-0.2, 0) is 16.1 Å². The maximum absolute atomic E-state index is 14.2. The lowest BCUT2D eigenvalue weighted by molar-refractivity contribution is -0.138. The molecule has 1 aliphatic rings. The standard InChI is InChI=1S/C36H28ClIN2O5S/c1-3-44-35(42)30-31(24-10-6-4-7-11-24)39-36-40(32(30)25-12-8-5-9-13-25)34(41)29(46-36)20-23-18-27(38)33(28(19-23)43-2)45-21-22-14-16-26(37)17-15-22/h4-20,32H,3,21H2,1-2H3/b29-20-/t32-/m1/s1. The average molecular weight is 763 g/mol. The third kappa shape index (κ3) is 6.53. The molecule has 0 unspecified atom stereocenters. The molecule has 232 valence electrons. The van der Waals surface area contributed by atoms with E-state index >= 15 is 0 Å². The molecule has 0 fully saturated rings. The van der Waals surface area contributed by atoms with Gasteiger partial charge in [0.1, 0.15) is 6.61 Å². The van der Waals surface area contributed by atoms with Crippen molar-refractivity contribution in [1.82, 2.24) is 4.57 Å². The number of fused-ring (bicyclic) bond motifs is 1. The predicted octanol–water partition coefficient (Wildman–Crippen LogP) is 6.78. The molecule has 0 bridgehead atoms. The molecular formula is C36H28ClIN2O5S. The summed E-state index contributed by atoms with van der Waals surface area (Å²) in [6, 6.07) is 29.5. The zero-order valence-corrected chi connectivity index (χ0v) is 28.6. The topological polar surface area (TPSA) is 79.1 Å². The lowest BCUT2D eigenvalue weighted by Gasteiger charge is -2.25. The second kappa shape index (κ2) is 14.1.